The summed E-state index contributed by atoms with van der Waals surface area (Å²) < 4.78 is 13.0. The van der Waals surface area contributed by atoms with Crippen molar-refractivity contribution in [1.82, 2.24) is 9.80 Å². The van der Waals surface area contributed by atoms with Crippen LogP contribution < -0.4 is 0 Å². The molecule has 1 atom stereocenters. The molecular formula is C19H27FN2O3. The van der Waals surface area contributed by atoms with E-state index in [0.29, 0.717) is 32.0 Å². The Balaban J connectivity index is 1.61. The average Bonchev–Trinajstić information content (AvgIpc) is 2.62. The largest absolute Gasteiger partial charge is 0.396 e. The maximum absolute atomic E-state index is 13.0. The number of hydrogen-bond donors (Lipinski definition) is 2. The van der Waals surface area contributed by atoms with Crippen LogP contribution in [-0.2, 0) is 11.3 Å². The number of aliphatic hydroxyl groups excluding tert-OH is 1. The van der Waals surface area contributed by atoms with Crippen LogP contribution in [-0.4, -0.2) is 64.3 Å². The van der Waals surface area contributed by atoms with Crippen molar-refractivity contribution in [3.05, 3.63) is 35.6 Å². The van der Waals surface area contributed by atoms with Gasteiger partial charge in [-0.2, -0.15) is 0 Å². The van der Waals surface area contributed by atoms with E-state index in [-0.39, 0.29) is 18.3 Å². The average molecular weight is 350 g/mol. The highest BCUT2D eigenvalue weighted by Crippen LogP contribution is 2.27. The summed E-state index contributed by atoms with van der Waals surface area (Å²) in [6.07, 6.45) is 3.04. The third-order valence-corrected chi connectivity index (χ3v) is 5.44. The van der Waals surface area contributed by atoms with Gasteiger partial charge in [0.05, 0.1) is 0 Å². The van der Waals surface area contributed by atoms with Crippen LogP contribution in [0.2, 0.25) is 0 Å². The lowest BCUT2D eigenvalue weighted by Gasteiger charge is -2.42. The van der Waals surface area contributed by atoms with E-state index in [1.165, 1.54) is 12.1 Å². The summed E-state index contributed by atoms with van der Waals surface area (Å²) in [5.74, 6) is -0.188. The topological polar surface area (TPSA) is 64.0 Å². The summed E-state index contributed by atoms with van der Waals surface area (Å²) in [5, 5.41) is 20.2. The Bertz CT molecular complexity index is 587. The first-order chi connectivity index (χ1) is 12.0. The smallest absolute Gasteiger partial charge is 0.256 e. The summed E-state index contributed by atoms with van der Waals surface area (Å²) >= 11 is 0. The fraction of sp³-hybridized carbons (Fsp3) is 0.632. The van der Waals surface area contributed by atoms with Crippen LogP contribution in [0.15, 0.2) is 24.3 Å². The Morgan fingerprint density at radius 3 is 2.48 bits per heavy atom. The standard InChI is InChI=1S/C19H27FN2O3/c20-17-4-2-15(3-5-17)12-22-9-1-8-19(25,18(22)24)14-21-10-6-16(13-23)7-11-21/h2-5,16,23,25H,1,6-14H2/t19-/m1/s1. The van der Waals surface area contributed by atoms with Crippen LogP contribution in [0.25, 0.3) is 0 Å². The van der Waals surface area contributed by atoms with Crippen LogP contribution in [0.1, 0.15) is 31.2 Å². The number of carbonyl (C=O) groups excluding carboxylic acids is 1. The van der Waals surface area contributed by atoms with Crippen molar-refractivity contribution < 1.29 is 19.4 Å². The molecule has 2 aliphatic rings. The summed E-state index contributed by atoms with van der Waals surface area (Å²) in [6.45, 7) is 3.18. The van der Waals surface area contributed by atoms with Crippen molar-refractivity contribution in [1.29, 1.82) is 0 Å². The van der Waals surface area contributed by atoms with E-state index in [4.69, 9.17) is 0 Å². The molecule has 3 rings (SSSR count). The summed E-state index contributed by atoms with van der Waals surface area (Å²) in [6, 6.07) is 6.13. The minimum Gasteiger partial charge on any atom is -0.396 e. The van der Waals surface area contributed by atoms with E-state index in [0.717, 1.165) is 37.9 Å². The molecule has 2 saturated heterocycles. The quantitative estimate of drug-likeness (QED) is 0.842. The first-order valence-electron chi connectivity index (χ1n) is 9.09. The Morgan fingerprint density at radius 2 is 1.84 bits per heavy atom. The van der Waals surface area contributed by atoms with Crippen molar-refractivity contribution in [2.45, 2.75) is 37.8 Å². The Hall–Kier alpha value is -1.50. The number of halogens is 1. The molecule has 2 fully saturated rings. The second-order valence-corrected chi connectivity index (χ2v) is 7.39. The zero-order valence-electron chi connectivity index (χ0n) is 14.5. The summed E-state index contributed by atoms with van der Waals surface area (Å²) in [7, 11) is 0. The first kappa shape index (κ1) is 18.3. The van der Waals surface area contributed by atoms with E-state index >= 15 is 0 Å². The maximum Gasteiger partial charge on any atom is 0.256 e. The van der Waals surface area contributed by atoms with E-state index in [9.17, 15) is 19.4 Å². The van der Waals surface area contributed by atoms with Crippen LogP contribution in [0, 0.1) is 11.7 Å². The highest BCUT2D eigenvalue weighted by Gasteiger charge is 2.43. The van der Waals surface area contributed by atoms with Crippen molar-refractivity contribution >= 4 is 5.91 Å². The van der Waals surface area contributed by atoms with E-state index in [1.807, 2.05) is 0 Å². The molecule has 2 N–H and O–H groups in total. The molecule has 0 aliphatic carbocycles. The van der Waals surface area contributed by atoms with Crippen molar-refractivity contribution in [3.8, 4) is 0 Å². The molecule has 1 aromatic rings. The van der Waals surface area contributed by atoms with Crippen LogP contribution in [0.5, 0.6) is 0 Å². The van der Waals surface area contributed by atoms with Gasteiger partial charge in [-0.05, 0) is 62.4 Å². The number of hydrogen-bond acceptors (Lipinski definition) is 4. The predicted octanol–water partition coefficient (Wildman–Crippen LogP) is 1.38. The number of benzene rings is 1. The van der Waals surface area contributed by atoms with E-state index in [2.05, 4.69) is 4.90 Å². The molecule has 0 unspecified atom stereocenters. The van der Waals surface area contributed by atoms with Crippen LogP contribution in [0.4, 0.5) is 4.39 Å². The summed E-state index contributed by atoms with van der Waals surface area (Å²) in [5.41, 5.74) is -0.479. The number of rotatable bonds is 5. The highest BCUT2D eigenvalue weighted by atomic mass is 19.1. The number of piperidine rings is 2. The van der Waals surface area contributed by atoms with Gasteiger partial charge in [0.1, 0.15) is 5.82 Å². The molecule has 0 bridgehead atoms. The molecule has 138 valence electrons. The number of β-amino-alcohol motifs (C(OH)–C–C–N with tert-alkyl or cyclic N) is 1. The van der Waals surface area contributed by atoms with Gasteiger partial charge >= 0.3 is 0 Å². The zero-order valence-corrected chi connectivity index (χ0v) is 14.5. The van der Waals surface area contributed by atoms with Crippen molar-refractivity contribution in [3.63, 3.8) is 0 Å². The minimum absolute atomic E-state index is 0.211. The minimum atomic E-state index is -1.34. The fourth-order valence-electron chi connectivity index (χ4n) is 3.87. The second kappa shape index (κ2) is 7.81. The van der Waals surface area contributed by atoms with Gasteiger partial charge in [0.15, 0.2) is 5.60 Å². The van der Waals surface area contributed by atoms with Crippen molar-refractivity contribution in [2.24, 2.45) is 5.92 Å². The third-order valence-electron chi connectivity index (χ3n) is 5.44. The molecule has 6 heteroatoms. The lowest BCUT2D eigenvalue weighted by molar-refractivity contribution is -0.160. The monoisotopic (exact) mass is 350 g/mol. The third kappa shape index (κ3) is 4.37. The lowest BCUT2D eigenvalue weighted by atomic mass is 9.89. The summed E-state index contributed by atoms with van der Waals surface area (Å²) in [4.78, 5) is 16.7. The van der Waals surface area contributed by atoms with E-state index < -0.39 is 5.60 Å². The Labute approximate surface area is 148 Å². The normalized spacial score (nSPS) is 26.2. The fourth-order valence-corrected chi connectivity index (χ4v) is 3.87. The number of aliphatic hydroxyl groups is 2. The van der Waals surface area contributed by atoms with E-state index in [1.54, 1.807) is 17.0 Å². The zero-order chi connectivity index (χ0) is 17.9. The second-order valence-electron chi connectivity index (χ2n) is 7.39. The molecule has 1 amide bonds. The van der Waals surface area contributed by atoms with Gasteiger partial charge in [-0.3, -0.25) is 9.69 Å². The highest BCUT2D eigenvalue weighted by molar-refractivity contribution is 5.86. The number of nitrogens with zero attached hydrogens (tertiary/aromatic N) is 2. The Morgan fingerprint density at radius 1 is 1.16 bits per heavy atom. The molecule has 0 spiro atoms. The van der Waals surface area contributed by atoms with Gasteiger partial charge in [0, 0.05) is 26.2 Å². The molecule has 25 heavy (non-hydrogen) atoms. The molecule has 2 heterocycles. The molecule has 1 aromatic carbocycles. The van der Waals surface area contributed by atoms with Crippen LogP contribution in [0.3, 0.4) is 0 Å². The number of amides is 1. The molecule has 5 nitrogen and oxygen atoms in total. The van der Waals surface area contributed by atoms with Gasteiger partial charge in [-0.15, -0.1) is 0 Å². The van der Waals surface area contributed by atoms with Gasteiger partial charge in [-0.25, -0.2) is 4.39 Å². The Kier molecular flexibility index (Phi) is 5.71. The molecule has 2 aliphatic heterocycles. The molecule has 0 aromatic heterocycles. The number of likely N-dealkylation sites (tertiary alicyclic amines) is 2. The first-order valence-corrected chi connectivity index (χ1v) is 9.09. The van der Waals surface area contributed by atoms with Gasteiger partial charge < -0.3 is 15.1 Å². The van der Waals surface area contributed by atoms with Gasteiger partial charge in [0.2, 0.25) is 0 Å². The van der Waals surface area contributed by atoms with Gasteiger partial charge in [-0.1, -0.05) is 12.1 Å². The van der Waals surface area contributed by atoms with Gasteiger partial charge in [0.25, 0.3) is 5.91 Å². The number of carbonyl (C=O) groups is 1. The lowest BCUT2D eigenvalue weighted by Crippen LogP contribution is -2.59. The molecular weight excluding hydrogens is 323 g/mol. The SMILES string of the molecule is O=C1N(Cc2ccc(F)cc2)CCC[C@@]1(O)CN1CCC(CO)CC1. The van der Waals surface area contributed by atoms with Crippen molar-refractivity contribution in [2.75, 3.05) is 32.8 Å². The van der Waals surface area contributed by atoms with Crippen LogP contribution >= 0.6 is 0 Å². The predicted molar refractivity (Wildman–Crippen MR) is 92.3 cm³/mol. The maximum atomic E-state index is 13.0. The molecule has 0 saturated carbocycles. The molecule has 0 radical (unpaired) electrons.